The summed E-state index contributed by atoms with van der Waals surface area (Å²) in [5.74, 6) is 0.315. The molecule has 2 heterocycles. The van der Waals surface area contributed by atoms with Crippen molar-refractivity contribution >= 4 is 11.7 Å². The maximum atomic E-state index is 11.5. The lowest BCUT2D eigenvalue weighted by atomic mass is 9.90. The summed E-state index contributed by atoms with van der Waals surface area (Å²) >= 11 is 0. The Kier molecular flexibility index (Phi) is 3.75. The van der Waals surface area contributed by atoms with Crippen LogP contribution in [0.3, 0.4) is 0 Å². The maximum Gasteiger partial charge on any atom is 0.252 e. The Labute approximate surface area is 114 Å². The summed E-state index contributed by atoms with van der Waals surface area (Å²) in [5.41, 5.74) is 7.02. The molecule has 0 saturated carbocycles. The summed E-state index contributed by atoms with van der Waals surface area (Å²) in [7, 11) is 2.00. The minimum absolute atomic E-state index is 0.174. The molecule has 2 rings (SSSR count). The highest BCUT2D eigenvalue weighted by molar-refractivity contribution is 5.97. The zero-order chi connectivity index (χ0) is 14.0. The smallest absolute Gasteiger partial charge is 0.252 e. The third-order valence-corrected chi connectivity index (χ3v) is 4.05. The number of pyridine rings is 1. The van der Waals surface area contributed by atoms with Crippen LogP contribution < -0.4 is 16.0 Å². The van der Waals surface area contributed by atoms with E-state index < -0.39 is 5.91 Å². The molecule has 0 bridgehead atoms. The number of rotatable bonds is 3. The van der Waals surface area contributed by atoms with Gasteiger partial charge in [0.15, 0.2) is 0 Å². The van der Waals surface area contributed by atoms with Crippen molar-refractivity contribution < 1.29 is 4.79 Å². The highest BCUT2D eigenvalue weighted by Gasteiger charge is 2.30. The number of aryl methyl sites for hydroxylation is 1. The summed E-state index contributed by atoms with van der Waals surface area (Å²) in [5, 5.41) is 3.36. The molecule has 0 unspecified atom stereocenters. The molecule has 19 heavy (non-hydrogen) atoms. The van der Waals surface area contributed by atoms with Crippen LogP contribution in [-0.2, 0) is 0 Å². The molecular weight excluding hydrogens is 240 g/mol. The molecule has 0 aliphatic carbocycles. The van der Waals surface area contributed by atoms with Crippen molar-refractivity contribution in [2.24, 2.45) is 5.73 Å². The van der Waals surface area contributed by atoms with Gasteiger partial charge in [-0.05, 0) is 45.9 Å². The Morgan fingerprint density at radius 2 is 2.05 bits per heavy atom. The lowest BCUT2D eigenvalue weighted by Crippen LogP contribution is -2.50. The Hall–Kier alpha value is -1.62. The minimum atomic E-state index is -0.413. The molecule has 104 valence electrons. The normalized spacial score (nSPS) is 18.4. The van der Waals surface area contributed by atoms with Gasteiger partial charge >= 0.3 is 0 Å². The standard InChI is InChI=1S/C14H22N4O/c1-10-4-5-11(12(15)19)13(17-10)18-8-6-14(2,16-3)7-9-18/h4-5,16H,6-9H2,1-3H3,(H2,15,19). The number of nitrogens with one attached hydrogen (secondary N) is 1. The summed E-state index contributed by atoms with van der Waals surface area (Å²) < 4.78 is 0. The number of aromatic nitrogens is 1. The third kappa shape index (κ3) is 2.87. The van der Waals surface area contributed by atoms with E-state index in [4.69, 9.17) is 5.73 Å². The van der Waals surface area contributed by atoms with E-state index in [-0.39, 0.29) is 5.54 Å². The molecule has 0 radical (unpaired) electrons. The molecule has 1 saturated heterocycles. The Bertz CT molecular complexity index is 478. The molecule has 1 aromatic heterocycles. The van der Waals surface area contributed by atoms with Crippen LogP contribution in [0.5, 0.6) is 0 Å². The molecule has 3 N–H and O–H groups in total. The van der Waals surface area contributed by atoms with E-state index in [9.17, 15) is 4.79 Å². The van der Waals surface area contributed by atoms with Gasteiger partial charge in [-0.2, -0.15) is 0 Å². The van der Waals surface area contributed by atoms with Gasteiger partial charge in [-0.15, -0.1) is 0 Å². The molecule has 1 aliphatic heterocycles. The topological polar surface area (TPSA) is 71.2 Å². The van der Waals surface area contributed by atoms with Crippen molar-refractivity contribution in [3.05, 3.63) is 23.4 Å². The first kappa shape index (κ1) is 13.8. The van der Waals surface area contributed by atoms with Crippen LogP contribution >= 0.6 is 0 Å². The quantitative estimate of drug-likeness (QED) is 0.854. The van der Waals surface area contributed by atoms with E-state index in [1.54, 1.807) is 6.07 Å². The SMILES string of the molecule is CNC1(C)CCN(c2nc(C)ccc2C(N)=O)CC1. The second-order valence-corrected chi connectivity index (χ2v) is 5.49. The zero-order valence-electron chi connectivity index (χ0n) is 11.9. The maximum absolute atomic E-state index is 11.5. The molecule has 1 aromatic rings. The van der Waals surface area contributed by atoms with Gasteiger partial charge in [0.1, 0.15) is 5.82 Å². The fourth-order valence-corrected chi connectivity index (χ4v) is 2.44. The summed E-state index contributed by atoms with van der Waals surface area (Å²) in [6, 6.07) is 3.59. The van der Waals surface area contributed by atoms with Gasteiger partial charge in [-0.1, -0.05) is 0 Å². The number of anilines is 1. The lowest BCUT2D eigenvalue weighted by molar-refractivity contribution is 0.100. The van der Waals surface area contributed by atoms with Gasteiger partial charge in [0.2, 0.25) is 0 Å². The molecule has 0 aromatic carbocycles. The first-order chi connectivity index (χ1) is 8.95. The number of hydrogen-bond acceptors (Lipinski definition) is 4. The van der Waals surface area contributed by atoms with E-state index in [2.05, 4.69) is 22.1 Å². The molecule has 1 amide bonds. The van der Waals surface area contributed by atoms with E-state index in [1.807, 2.05) is 20.0 Å². The number of hydrogen-bond donors (Lipinski definition) is 2. The van der Waals surface area contributed by atoms with E-state index in [0.29, 0.717) is 5.56 Å². The van der Waals surface area contributed by atoms with Gasteiger partial charge < -0.3 is 16.0 Å². The molecule has 5 heteroatoms. The fraction of sp³-hybridized carbons (Fsp3) is 0.571. The van der Waals surface area contributed by atoms with E-state index >= 15 is 0 Å². The number of primary amides is 1. The number of nitrogens with zero attached hydrogens (tertiary/aromatic N) is 2. The van der Waals surface area contributed by atoms with Crippen LogP contribution in [0.4, 0.5) is 5.82 Å². The van der Waals surface area contributed by atoms with Gasteiger partial charge in [-0.25, -0.2) is 4.98 Å². The van der Waals surface area contributed by atoms with Gasteiger partial charge in [0, 0.05) is 24.3 Å². The minimum Gasteiger partial charge on any atom is -0.365 e. The first-order valence-corrected chi connectivity index (χ1v) is 6.66. The van der Waals surface area contributed by atoms with Crippen molar-refractivity contribution in [2.75, 3.05) is 25.0 Å². The number of nitrogens with two attached hydrogens (primary N) is 1. The largest absolute Gasteiger partial charge is 0.365 e. The van der Waals surface area contributed by atoms with Crippen molar-refractivity contribution in [3.63, 3.8) is 0 Å². The predicted octanol–water partition coefficient (Wildman–Crippen LogP) is 1.07. The van der Waals surface area contributed by atoms with Crippen molar-refractivity contribution in [2.45, 2.75) is 32.2 Å². The summed E-state index contributed by atoms with van der Waals surface area (Å²) in [4.78, 5) is 18.2. The second-order valence-electron chi connectivity index (χ2n) is 5.49. The second kappa shape index (κ2) is 5.17. The highest BCUT2D eigenvalue weighted by Crippen LogP contribution is 2.27. The predicted molar refractivity (Wildman–Crippen MR) is 76.4 cm³/mol. The molecule has 0 atom stereocenters. The van der Waals surface area contributed by atoms with Crippen LogP contribution in [0.1, 0.15) is 35.8 Å². The van der Waals surface area contributed by atoms with Crippen LogP contribution in [0.15, 0.2) is 12.1 Å². The zero-order valence-corrected chi connectivity index (χ0v) is 11.9. The molecular formula is C14H22N4O. The molecule has 1 fully saturated rings. The fourth-order valence-electron chi connectivity index (χ4n) is 2.44. The summed E-state index contributed by atoms with van der Waals surface area (Å²) in [6.07, 6.45) is 2.05. The van der Waals surface area contributed by atoms with Gasteiger partial charge in [0.05, 0.1) is 5.56 Å². The first-order valence-electron chi connectivity index (χ1n) is 6.66. The lowest BCUT2D eigenvalue weighted by Gasteiger charge is -2.40. The van der Waals surface area contributed by atoms with Crippen molar-refractivity contribution in [1.29, 1.82) is 0 Å². The van der Waals surface area contributed by atoms with E-state index in [1.165, 1.54) is 0 Å². The van der Waals surface area contributed by atoms with Crippen molar-refractivity contribution in [1.82, 2.24) is 10.3 Å². The summed E-state index contributed by atoms with van der Waals surface area (Å²) in [6.45, 7) is 5.92. The Morgan fingerprint density at radius 1 is 1.42 bits per heavy atom. The third-order valence-electron chi connectivity index (χ3n) is 4.05. The molecule has 0 spiro atoms. The van der Waals surface area contributed by atoms with Gasteiger partial charge in [0.25, 0.3) is 5.91 Å². The Morgan fingerprint density at radius 3 is 2.58 bits per heavy atom. The van der Waals surface area contributed by atoms with Crippen LogP contribution in [0.25, 0.3) is 0 Å². The number of piperidine rings is 1. The molecule has 1 aliphatic rings. The number of amides is 1. The molecule has 5 nitrogen and oxygen atoms in total. The van der Waals surface area contributed by atoms with Crippen LogP contribution in [0, 0.1) is 6.92 Å². The average molecular weight is 262 g/mol. The van der Waals surface area contributed by atoms with E-state index in [0.717, 1.165) is 37.4 Å². The monoisotopic (exact) mass is 262 g/mol. The van der Waals surface area contributed by atoms with Gasteiger partial charge in [-0.3, -0.25) is 4.79 Å². The highest BCUT2D eigenvalue weighted by atomic mass is 16.1. The number of carbonyl (C=O) groups excluding carboxylic acids is 1. The Balaban J connectivity index is 2.24. The number of carbonyl (C=O) groups is 1. The van der Waals surface area contributed by atoms with Crippen LogP contribution in [0.2, 0.25) is 0 Å². The average Bonchev–Trinajstić information content (AvgIpc) is 2.39. The van der Waals surface area contributed by atoms with Crippen molar-refractivity contribution in [3.8, 4) is 0 Å². The van der Waals surface area contributed by atoms with Crippen LogP contribution in [-0.4, -0.2) is 36.6 Å².